The van der Waals surface area contributed by atoms with Crippen LogP contribution in [-0.2, 0) is 14.3 Å². The van der Waals surface area contributed by atoms with Crippen LogP contribution in [0.1, 0.15) is 34.6 Å². The van der Waals surface area contributed by atoms with E-state index in [1.165, 1.54) is 4.90 Å². The predicted molar refractivity (Wildman–Crippen MR) is 73.0 cm³/mol. The van der Waals surface area contributed by atoms with Gasteiger partial charge in [0.15, 0.2) is 0 Å². The lowest BCUT2D eigenvalue weighted by Gasteiger charge is -2.23. The fourth-order valence-electron chi connectivity index (χ4n) is 1.22. The standard InChI is InChI=1S/C14H27NO3/c1-11(2)7-17-9-15(14(16)13(5)6)10-18-8-12(3)4/h11-12H,5,7-10H2,1-4,6H3. The molecule has 0 N–H and O–H groups in total. The molecule has 0 aromatic rings. The first kappa shape index (κ1) is 17.1. The highest BCUT2D eigenvalue weighted by molar-refractivity contribution is 5.91. The number of amides is 1. The molecule has 4 heteroatoms. The molecule has 106 valence electrons. The molecule has 0 saturated heterocycles. The van der Waals surface area contributed by atoms with Crippen LogP contribution in [0.3, 0.4) is 0 Å². The Kier molecular flexibility index (Phi) is 8.67. The minimum Gasteiger partial charge on any atom is -0.361 e. The Labute approximate surface area is 111 Å². The number of carbonyl (C=O) groups is 1. The molecule has 0 aliphatic rings. The van der Waals surface area contributed by atoms with Crippen molar-refractivity contribution in [2.24, 2.45) is 11.8 Å². The molecule has 0 aromatic carbocycles. The second-order valence-corrected chi connectivity index (χ2v) is 5.41. The number of nitrogens with zero attached hydrogens (tertiary/aromatic N) is 1. The van der Waals surface area contributed by atoms with Crippen molar-refractivity contribution in [1.29, 1.82) is 0 Å². The average Bonchev–Trinajstić information content (AvgIpc) is 2.25. The second kappa shape index (κ2) is 9.11. The van der Waals surface area contributed by atoms with Crippen molar-refractivity contribution < 1.29 is 14.3 Å². The van der Waals surface area contributed by atoms with E-state index in [1.807, 2.05) is 0 Å². The molecule has 0 fully saturated rings. The van der Waals surface area contributed by atoms with Crippen LogP contribution in [0.2, 0.25) is 0 Å². The van der Waals surface area contributed by atoms with E-state index in [9.17, 15) is 4.79 Å². The summed E-state index contributed by atoms with van der Waals surface area (Å²) in [4.78, 5) is 13.4. The summed E-state index contributed by atoms with van der Waals surface area (Å²) >= 11 is 0. The molecule has 0 unspecified atom stereocenters. The van der Waals surface area contributed by atoms with Gasteiger partial charge < -0.3 is 9.47 Å². The molecule has 0 radical (unpaired) electrons. The third-order valence-electron chi connectivity index (χ3n) is 2.05. The van der Waals surface area contributed by atoms with Gasteiger partial charge in [0.1, 0.15) is 13.5 Å². The summed E-state index contributed by atoms with van der Waals surface area (Å²) in [7, 11) is 0. The van der Waals surface area contributed by atoms with Gasteiger partial charge in [-0.3, -0.25) is 9.69 Å². The molecule has 0 bridgehead atoms. The van der Waals surface area contributed by atoms with Crippen molar-refractivity contribution in [2.75, 3.05) is 26.7 Å². The first-order valence-corrected chi connectivity index (χ1v) is 6.44. The molecule has 0 spiro atoms. The van der Waals surface area contributed by atoms with Crippen molar-refractivity contribution in [3.05, 3.63) is 12.2 Å². The Hall–Kier alpha value is -0.870. The van der Waals surface area contributed by atoms with Gasteiger partial charge in [-0.05, 0) is 18.8 Å². The predicted octanol–water partition coefficient (Wildman–Crippen LogP) is 2.65. The minimum atomic E-state index is -0.123. The van der Waals surface area contributed by atoms with Crippen LogP contribution < -0.4 is 0 Å². The summed E-state index contributed by atoms with van der Waals surface area (Å²) in [6.45, 7) is 15.4. The molecule has 18 heavy (non-hydrogen) atoms. The quantitative estimate of drug-likeness (QED) is 0.471. The SMILES string of the molecule is C=C(C)C(=O)N(COCC(C)C)COCC(C)C. The smallest absolute Gasteiger partial charge is 0.252 e. The maximum absolute atomic E-state index is 11.9. The average molecular weight is 257 g/mol. The van der Waals surface area contributed by atoms with E-state index in [1.54, 1.807) is 6.92 Å². The summed E-state index contributed by atoms with van der Waals surface area (Å²) < 4.78 is 10.9. The highest BCUT2D eigenvalue weighted by Gasteiger charge is 2.14. The van der Waals surface area contributed by atoms with E-state index in [4.69, 9.17) is 9.47 Å². The van der Waals surface area contributed by atoms with Crippen LogP contribution in [0, 0.1) is 11.8 Å². The van der Waals surface area contributed by atoms with Gasteiger partial charge >= 0.3 is 0 Å². The Morgan fingerprint density at radius 2 is 1.44 bits per heavy atom. The van der Waals surface area contributed by atoms with Gasteiger partial charge in [0.05, 0.1) is 13.2 Å². The summed E-state index contributed by atoms with van der Waals surface area (Å²) in [5.74, 6) is 0.772. The molecule has 4 nitrogen and oxygen atoms in total. The molecule has 0 aromatic heterocycles. The fourth-order valence-corrected chi connectivity index (χ4v) is 1.22. The second-order valence-electron chi connectivity index (χ2n) is 5.41. The number of carbonyl (C=O) groups excluding carboxylic acids is 1. The molecule has 0 saturated carbocycles. The number of hydrogen-bond donors (Lipinski definition) is 0. The summed E-state index contributed by atoms with van der Waals surface area (Å²) in [6, 6.07) is 0. The van der Waals surface area contributed by atoms with Gasteiger partial charge in [-0.15, -0.1) is 0 Å². The summed E-state index contributed by atoms with van der Waals surface area (Å²) in [5.41, 5.74) is 0.497. The first-order valence-electron chi connectivity index (χ1n) is 6.44. The van der Waals surface area contributed by atoms with E-state index in [-0.39, 0.29) is 19.4 Å². The molecule has 0 heterocycles. The third kappa shape index (κ3) is 8.25. The summed E-state index contributed by atoms with van der Waals surface area (Å²) in [6.07, 6.45) is 0. The van der Waals surface area contributed by atoms with Crippen LogP contribution in [0.15, 0.2) is 12.2 Å². The van der Waals surface area contributed by atoms with Crippen molar-refractivity contribution in [1.82, 2.24) is 4.90 Å². The zero-order valence-corrected chi connectivity index (χ0v) is 12.4. The first-order chi connectivity index (χ1) is 8.34. The minimum absolute atomic E-state index is 0.123. The lowest BCUT2D eigenvalue weighted by atomic mass is 10.2. The van der Waals surface area contributed by atoms with E-state index in [0.29, 0.717) is 30.6 Å². The Bertz CT molecular complexity index is 248. The maximum Gasteiger partial charge on any atom is 0.252 e. The fraction of sp³-hybridized carbons (Fsp3) is 0.786. The molecule has 0 aliphatic heterocycles. The molecule has 0 aliphatic carbocycles. The lowest BCUT2D eigenvalue weighted by Crippen LogP contribution is -2.36. The van der Waals surface area contributed by atoms with Gasteiger partial charge in [-0.25, -0.2) is 0 Å². The lowest BCUT2D eigenvalue weighted by molar-refractivity contribution is -0.141. The highest BCUT2D eigenvalue weighted by atomic mass is 16.5. The van der Waals surface area contributed by atoms with Crippen molar-refractivity contribution in [3.63, 3.8) is 0 Å². The number of hydrogen-bond acceptors (Lipinski definition) is 3. The highest BCUT2D eigenvalue weighted by Crippen LogP contribution is 2.03. The zero-order chi connectivity index (χ0) is 14.1. The van der Waals surface area contributed by atoms with Crippen LogP contribution in [0.25, 0.3) is 0 Å². The van der Waals surface area contributed by atoms with Crippen LogP contribution in [0.4, 0.5) is 0 Å². The Morgan fingerprint density at radius 1 is 1.06 bits per heavy atom. The Morgan fingerprint density at radius 3 is 1.72 bits per heavy atom. The molecule has 1 amide bonds. The molecular formula is C14H27NO3. The third-order valence-corrected chi connectivity index (χ3v) is 2.05. The van der Waals surface area contributed by atoms with E-state index in [0.717, 1.165) is 0 Å². The van der Waals surface area contributed by atoms with Gasteiger partial charge in [0.2, 0.25) is 0 Å². The maximum atomic E-state index is 11.9. The van der Waals surface area contributed by atoms with Gasteiger partial charge in [0, 0.05) is 5.57 Å². The van der Waals surface area contributed by atoms with E-state index < -0.39 is 0 Å². The van der Waals surface area contributed by atoms with Gasteiger partial charge in [0.25, 0.3) is 5.91 Å². The molecule has 0 rings (SSSR count). The van der Waals surface area contributed by atoms with Crippen molar-refractivity contribution in [3.8, 4) is 0 Å². The van der Waals surface area contributed by atoms with Crippen LogP contribution in [-0.4, -0.2) is 37.5 Å². The van der Waals surface area contributed by atoms with Crippen molar-refractivity contribution >= 4 is 5.91 Å². The largest absolute Gasteiger partial charge is 0.361 e. The monoisotopic (exact) mass is 257 g/mol. The van der Waals surface area contributed by atoms with Gasteiger partial charge in [-0.2, -0.15) is 0 Å². The Balaban J connectivity index is 4.16. The molecular weight excluding hydrogens is 230 g/mol. The topological polar surface area (TPSA) is 38.8 Å². The number of ether oxygens (including phenoxy) is 2. The zero-order valence-electron chi connectivity index (χ0n) is 12.4. The van der Waals surface area contributed by atoms with E-state index >= 15 is 0 Å². The number of rotatable bonds is 9. The van der Waals surface area contributed by atoms with E-state index in [2.05, 4.69) is 34.3 Å². The molecule has 0 atom stereocenters. The van der Waals surface area contributed by atoms with Gasteiger partial charge in [-0.1, -0.05) is 34.3 Å². The van der Waals surface area contributed by atoms with Crippen molar-refractivity contribution in [2.45, 2.75) is 34.6 Å². The summed E-state index contributed by atoms with van der Waals surface area (Å²) in [5, 5.41) is 0. The van der Waals surface area contributed by atoms with Crippen LogP contribution in [0.5, 0.6) is 0 Å². The van der Waals surface area contributed by atoms with Crippen LogP contribution >= 0.6 is 0 Å². The normalized spacial score (nSPS) is 11.1.